The maximum atomic E-state index is 12.4. The van der Waals surface area contributed by atoms with Crippen LogP contribution < -0.4 is 5.32 Å². The zero-order valence-corrected chi connectivity index (χ0v) is 15.1. The third-order valence-electron chi connectivity index (χ3n) is 4.70. The van der Waals surface area contributed by atoms with E-state index < -0.39 is 0 Å². The van der Waals surface area contributed by atoms with Crippen molar-refractivity contribution in [1.29, 1.82) is 0 Å². The highest BCUT2D eigenvalue weighted by molar-refractivity contribution is 14.1. The first-order chi connectivity index (χ1) is 11.0. The zero-order chi connectivity index (χ0) is 16.6. The smallest absolute Gasteiger partial charge is 0.244 e. The molecule has 2 fully saturated rings. The third-order valence-corrected chi connectivity index (χ3v) is 5.37. The van der Waals surface area contributed by atoms with E-state index in [1.807, 2.05) is 25.1 Å². The molecule has 1 saturated carbocycles. The maximum absolute atomic E-state index is 12.4. The zero-order valence-electron chi connectivity index (χ0n) is 13.0. The lowest BCUT2D eigenvalue weighted by molar-refractivity contribution is -0.142. The Morgan fingerprint density at radius 3 is 2.39 bits per heavy atom. The van der Waals surface area contributed by atoms with Crippen molar-refractivity contribution in [3.8, 4) is 0 Å². The Bertz CT molecular complexity index is 650. The molecule has 1 aliphatic carbocycles. The van der Waals surface area contributed by atoms with Crippen molar-refractivity contribution in [2.24, 2.45) is 11.8 Å². The molecule has 1 aliphatic heterocycles. The summed E-state index contributed by atoms with van der Waals surface area (Å²) in [5.74, 6) is -1.08. The van der Waals surface area contributed by atoms with Gasteiger partial charge in [-0.3, -0.25) is 19.3 Å². The molecular formula is C17H19IN2O3. The van der Waals surface area contributed by atoms with Gasteiger partial charge in [-0.1, -0.05) is 12.8 Å². The molecule has 2 aliphatic rings. The molecule has 1 aromatic carbocycles. The van der Waals surface area contributed by atoms with Gasteiger partial charge in [0.25, 0.3) is 0 Å². The van der Waals surface area contributed by atoms with Crippen molar-refractivity contribution in [2.45, 2.75) is 32.6 Å². The van der Waals surface area contributed by atoms with E-state index in [9.17, 15) is 14.4 Å². The number of imide groups is 1. The average molecular weight is 426 g/mol. The Balaban J connectivity index is 1.68. The lowest BCUT2D eigenvalue weighted by Gasteiger charge is -2.19. The minimum Gasteiger partial charge on any atom is -0.324 e. The van der Waals surface area contributed by atoms with Crippen molar-refractivity contribution in [3.63, 3.8) is 0 Å². The fraction of sp³-hybridized carbons (Fsp3) is 0.471. The minimum atomic E-state index is -0.324. The molecule has 23 heavy (non-hydrogen) atoms. The number of nitrogens with one attached hydrogen (secondary N) is 1. The molecule has 2 atom stereocenters. The van der Waals surface area contributed by atoms with Crippen molar-refractivity contribution in [2.75, 3.05) is 11.9 Å². The summed E-state index contributed by atoms with van der Waals surface area (Å²) in [6.07, 6.45) is 3.51. The number of rotatable bonds is 3. The molecule has 1 N–H and O–H groups in total. The largest absolute Gasteiger partial charge is 0.324 e. The maximum Gasteiger partial charge on any atom is 0.244 e. The second-order valence-corrected chi connectivity index (χ2v) is 7.51. The summed E-state index contributed by atoms with van der Waals surface area (Å²) in [6.45, 7) is 1.73. The summed E-state index contributed by atoms with van der Waals surface area (Å²) < 4.78 is 1.09. The van der Waals surface area contributed by atoms with Crippen LogP contribution in [0.4, 0.5) is 5.69 Å². The molecule has 1 saturated heterocycles. The molecule has 0 bridgehead atoms. The van der Waals surface area contributed by atoms with Gasteiger partial charge in [-0.2, -0.15) is 0 Å². The van der Waals surface area contributed by atoms with Gasteiger partial charge < -0.3 is 5.32 Å². The number of carbonyl (C=O) groups excluding carboxylic acids is 3. The fourth-order valence-corrected chi connectivity index (χ4v) is 4.13. The van der Waals surface area contributed by atoms with Crippen LogP contribution in [0, 0.1) is 22.3 Å². The number of hydrogen-bond acceptors (Lipinski definition) is 3. The highest BCUT2D eigenvalue weighted by Gasteiger charge is 2.48. The van der Waals surface area contributed by atoms with Gasteiger partial charge in [0.05, 0.1) is 11.8 Å². The van der Waals surface area contributed by atoms with Gasteiger partial charge in [-0.05, 0) is 66.1 Å². The van der Waals surface area contributed by atoms with E-state index in [-0.39, 0.29) is 36.1 Å². The molecular weight excluding hydrogens is 407 g/mol. The minimum absolute atomic E-state index is 0.172. The van der Waals surface area contributed by atoms with E-state index in [4.69, 9.17) is 0 Å². The molecule has 5 nitrogen and oxygen atoms in total. The summed E-state index contributed by atoms with van der Waals surface area (Å²) in [7, 11) is 0. The van der Waals surface area contributed by atoms with Gasteiger partial charge in [0.1, 0.15) is 6.54 Å². The summed E-state index contributed by atoms with van der Waals surface area (Å²) in [5.41, 5.74) is 1.67. The molecule has 6 heteroatoms. The van der Waals surface area contributed by atoms with E-state index in [1.165, 1.54) is 0 Å². The number of nitrogens with zero attached hydrogens (tertiary/aromatic N) is 1. The number of halogens is 1. The SMILES string of the molecule is Cc1cc(I)ccc1NC(=O)CN1C(=O)C2CCCCC2C1=O. The summed E-state index contributed by atoms with van der Waals surface area (Å²) in [6, 6.07) is 5.71. The predicted molar refractivity (Wildman–Crippen MR) is 94.7 cm³/mol. The lowest BCUT2D eigenvalue weighted by atomic mass is 9.81. The van der Waals surface area contributed by atoms with E-state index in [2.05, 4.69) is 27.9 Å². The van der Waals surface area contributed by atoms with Crippen LogP contribution in [-0.4, -0.2) is 29.2 Å². The first-order valence-electron chi connectivity index (χ1n) is 7.88. The quantitative estimate of drug-likeness (QED) is 0.597. The predicted octanol–water partition coefficient (Wildman–Crippen LogP) is 2.71. The molecule has 122 valence electrons. The molecule has 1 aromatic rings. The van der Waals surface area contributed by atoms with Crippen LogP contribution >= 0.6 is 22.6 Å². The second kappa shape index (κ2) is 6.59. The number of carbonyl (C=O) groups is 3. The van der Waals surface area contributed by atoms with Gasteiger partial charge >= 0.3 is 0 Å². The van der Waals surface area contributed by atoms with E-state index >= 15 is 0 Å². The van der Waals surface area contributed by atoms with Crippen molar-refractivity contribution in [1.82, 2.24) is 4.90 Å². The Morgan fingerprint density at radius 1 is 1.22 bits per heavy atom. The van der Waals surface area contributed by atoms with Crippen LogP contribution in [0.2, 0.25) is 0 Å². The number of aryl methyl sites for hydroxylation is 1. The molecule has 1 heterocycles. The van der Waals surface area contributed by atoms with Gasteiger partial charge in [-0.15, -0.1) is 0 Å². The van der Waals surface area contributed by atoms with Crippen molar-refractivity contribution >= 4 is 46.0 Å². The summed E-state index contributed by atoms with van der Waals surface area (Å²) >= 11 is 2.21. The Kier molecular flexibility index (Phi) is 4.70. The Labute approximate surface area is 148 Å². The van der Waals surface area contributed by atoms with Gasteiger partial charge in [0, 0.05) is 9.26 Å². The van der Waals surface area contributed by atoms with E-state index in [0.29, 0.717) is 5.69 Å². The van der Waals surface area contributed by atoms with E-state index in [1.54, 1.807) is 0 Å². The molecule has 0 aromatic heterocycles. The molecule has 0 radical (unpaired) electrons. The van der Waals surface area contributed by atoms with Crippen molar-refractivity contribution in [3.05, 3.63) is 27.3 Å². The molecule has 3 amide bonds. The Morgan fingerprint density at radius 2 is 1.83 bits per heavy atom. The van der Waals surface area contributed by atoms with Gasteiger partial charge in [-0.25, -0.2) is 0 Å². The summed E-state index contributed by atoms with van der Waals surface area (Å²) in [4.78, 5) is 38.1. The molecule has 2 unspecified atom stereocenters. The van der Waals surface area contributed by atoms with Crippen LogP contribution in [0.3, 0.4) is 0 Å². The number of fused-ring (bicyclic) bond motifs is 1. The number of hydrogen-bond donors (Lipinski definition) is 1. The topological polar surface area (TPSA) is 66.5 Å². The molecule has 0 spiro atoms. The molecule has 3 rings (SSSR count). The fourth-order valence-electron chi connectivity index (χ4n) is 3.49. The number of amides is 3. The highest BCUT2D eigenvalue weighted by atomic mass is 127. The number of likely N-dealkylation sites (tertiary alicyclic amines) is 1. The van der Waals surface area contributed by atoms with E-state index in [0.717, 1.165) is 39.7 Å². The normalized spacial score (nSPS) is 23.8. The number of anilines is 1. The Hall–Kier alpha value is -1.44. The van der Waals surface area contributed by atoms with Crippen LogP contribution in [-0.2, 0) is 14.4 Å². The first-order valence-corrected chi connectivity index (χ1v) is 8.96. The summed E-state index contributed by atoms with van der Waals surface area (Å²) in [5, 5.41) is 2.80. The van der Waals surface area contributed by atoms with Crippen LogP contribution in [0.5, 0.6) is 0 Å². The van der Waals surface area contributed by atoms with Crippen LogP contribution in [0.1, 0.15) is 31.2 Å². The second-order valence-electron chi connectivity index (χ2n) is 6.27. The average Bonchev–Trinajstić information content (AvgIpc) is 2.76. The van der Waals surface area contributed by atoms with Crippen LogP contribution in [0.25, 0.3) is 0 Å². The first kappa shape index (κ1) is 16.4. The standard InChI is InChI=1S/C17H19IN2O3/c1-10-8-11(18)6-7-14(10)19-15(21)9-20-16(22)12-4-2-3-5-13(12)17(20)23/h6-8,12-13H,2-5,9H2,1H3,(H,19,21). The lowest BCUT2D eigenvalue weighted by Crippen LogP contribution is -2.38. The number of benzene rings is 1. The highest BCUT2D eigenvalue weighted by Crippen LogP contribution is 2.37. The third kappa shape index (κ3) is 3.27. The van der Waals surface area contributed by atoms with Crippen LogP contribution in [0.15, 0.2) is 18.2 Å². The van der Waals surface area contributed by atoms with Crippen molar-refractivity contribution < 1.29 is 14.4 Å². The monoisotopic (exact) mass is 426 g/mol. The van der Waals surface area contributed by atoms with Gasteiger partial charge in [0.15, 0.2) is 0 Å². The van der Waals surface area contributed by atoms with Gasteiger partial charge in [0.2, 0.25) is 17.7 Å².